The average molecular weight is 249 g/mol. The predicted octanol–water partition coefficient (Wildman–Crippen LogP) is 0.610. The lowest BCUT2D eigenvalue weighted by Gasteiger charge is -2.21. The Balaban J connectivity index is 2.14. The van der Waals surface area contributed by atoms with E-state index in [0.717, 1.165) is 25.3 Å². The molecule has 1 atom stereocenters. The van der Waals surface area contributed by atoms with Crippen molar-refractivity contribution >= 4 is 17.7 Å². The van der Waals surface area contributed by atoms with Crippen molar-refractivity contribution in [3.05, 3.63) is 12.3 Å². The van der Waals surface area contributed by atoms with Gasteiger partial charge in [0.1, 0.15) is 5.82 Å². The zero-order valence-electron chi connectivity index (χ0n) is 10.8. The van der Waals surface area contributed by atoms with Gasteiger partial charge in [-0.05, 0) is 26.3 Å². The van der Waals surface area contributed by atoms with Crippen molar-refractivity contribution < 1.29 is 4.79 Å². The molecule has 0 radical (unpaired) electrons. The van der Waals surface area contributed by atoms with Crippen LogP contribution in [0.1, 0.15) is 20.3 Å². The van der Waals surface area contributed by atoms with E-state index in [1.165, 1.54) is 0 Å². The highest BCUT2D eigenvalue weighted by atomic mass is 16.1. The molecule has 0 spiro atoms. The quantitative estimate of drug-likeness (QED) is 0.816. The van der Waals surface area contributed by atoms with Crippen molar-refractivity contribution in [2.24, 2.45) is 11.1 Å². The number of nitrogens with two attached hydrogens (primary N) is 1. The molecule has 0 bridgehead atoms. The van der Waals surface area contributed by atoms with Gasteiger partial charge in [0.05, 0.1) is 5.41 Å². The Kier molecular flexibility index (Phi) is 3.36. The fourth-order valence-corrected chi connectivity index (χ4v) is 2.13. The van der Waals surface area contributed by atoms with Gasteiger partial charge < -0.3 is 16.0 Å². The van der Waals surface area contributed by atoms with E-state index in [-0.39, 0.29) is 5.91 Å². The van der Waals surface area contributed by atoms with E-state index in [0.29, 0.717) is 12.5 Å². The molecule has 0 aromatic carbocycles. The summed E-state index contributed by atoms with van der Waals surface area (Å²) >= 11 is 0. The molecule has 2 rings (SSSR count). The number of amides is 1. The lowest BCUT2D eigenvalue weighted by atomic mass is 9.89. The number of rotatable bonds is 4. The van der Waals surface area contributed by atoms with E-state index in [1.807, 2.05) is 19.9 Å². The third-order valence-electron chi connectivity index (χ3n) is 3.37. The highest BCUT2D eigenvalue weighted by Crippen LogP contribution is 2.32. The van der Waals surface area contributed by atoms with Crippen LogP contribution in [-0.4, -0.2) is 35.5 Å². The fourth-order valence-electron chi connectivity index (χ4n) is 2.13. The van der Waals surface area contributed by atoms with Crippen LogP contribution in [0.5, 0.6) is 0 Å². The first-order chi connectivity index (χ1) is 8.55. The van der Waals surface area contributed by atoms with Crippen LogP contribution in [0.3, 0.4) is 0 Å². The van der Waals surface area contributed by atoms with Gasteiger partial charge in [-0.25, -0.2) is 4.98 Å². The number of carbonyl (C=O) groups excluding carboxylic acids is 1. The first-order valence-electron chi connectivity index (χ1n) is 6.17. The summed E-state index contributed by atoms with van der Waals surface area (Å²) in [6, 6.07) is 1.85. The molecule has 1 saturated heterocycles. The van der Waals surface area contributed by atoms with E-state index in [1.54, 1.807) is 6.20 Å². The maximum atomic E-state index is 11.4. The van der Waals surface area contributed by atoms with Gasteiger partial charge in [0.15, 0.2) is 0 Å². The van der Waals surface area contributed by atoms with E-state index in [2.05, 4.69) is 20.2 Å². The molecule has 3 N–H and O–H groups in total. The Morgan fingerprint density at radius 3 is 3.06 bits per heavy atom. The lowest BCUT2D eigenvalue weighted by Crippen LogP contribution is -2.37. The van der Waals surface area contributed by atoms with Gasteiger partial charge in [0.25, 0.3) is 0 Å². The molecule has 1 fully saturated rings. The minimum Gasteiger partial charge on any atom is -0.369 e. The zero-order chi connectivity index (χ0) is 13.2. The van der Waals surface area contributed by atoms with E-state index < -0.39 is 5.41 Å². The molecule has 0 saturated carbocycles. The molecular weight excluding hydrogens is 230 g/mol. The Hall–Kier alpha value is -1.85. The predicted molar refractivity (Wildman–Crippen MR) is 70.3 cm³/mol. The van der Waals surface area contributed by atoms with Crippen LogP contribution in [0.2, 0.25) is 0 Å². The van der Waals surface area contributed by atoms with Crippen molar-refractivity contribution in [3.8, 4) is 0 Å². The number of primary amides is 1. The summed E-state index contributed by atoms with van der Waals surface area (Å²) in [5.41, 5.74) is 4.98. The van der Waals surface area contributed by atoms with Crippen LogP contribution in [-0.2, 0) is 4.79 Å². The second-order valence-electron chi connectivity index (χ2n) is 4.87. The minimum atomic E-state index is -0.455. The van der Waals surface area contributed by atoms with Crippen molar-refractivity contribution in [2.45, 2.75) is 20.3 Å². The monoisotopic (exact) mass is 249 g/mol. The molecule has 0 aliphatic carbocycles. The van der Waals surface area contributed by atoms with Gasteiger partial charge in [0.2, 0.25) is 11.9 Å². The van der Waals surface area contributed by atoms with E-state index in [4.69, 9.17) is 5.73 Å². The number of hydrogen-bond donors (Lipinski definition) is 2. The third-order valence-corrected chi connectivity index (χ3v) is 3.37. The second kappa shape index (κ2) is 4.80. The average Bonchev–Trinajstić information content (AvgIpc) is 2.74. The molecule has 1 aliphatic rings. The van der Waals surface area contributed by atoms with Crippen LogP contribution in [0.15, 0.2) is 12.3 Å². The summed E-state index contributed by atoms with van der Waals surface area (Å²) in [7, 11) is 0. The topological polar surface area (TPSA) is 84.1 Å². The van der Waals surface area contributed by atoms with Crippen LogP contribution >= 0.6 is 0 Å². The number of carbonyl (C=O) groups is 1. The minimum absolute atomic E-state index is 0.244. The zero-order valence-corrected chi connectivity index (χ0v) is 10.8. The van der Waals surface area contributed by atoms with E-state index >= 15 is 0 Å². The molecule has 1 unspecified atom stereocenters. The van der Waals surface area contributed by atoms with Gasteiger partial charge in [-0.3, -0.25) is 4.79 Å². The second-order valence-corrected chi connectivity index (χ2v) is 4.87. The maximum absolute atomic E-state index is 11.4. The van der Waals surface area contributed by atoms with Gasteiger partial charge in [-0.15, -0.1) is 0 Å². The smallest absolute Gasteiger partial charge is 0.225 e. The first-order valence-corrected chi connectivity index (χ1v) is 6.17. The Morgan fingerprint density at radius 2 is 2.44 bits per heavy atom. The number of nitrogens with one attached hydrogen (secondary N) is 1. The van der Waals surface area contributed by atoms with Crippen molar-refractivity contribution in [3.63, 3.8) is 0 Å². The van der Waals surface area contributed by atoms with E-state index in [9.17, 15) is 4.79 Å². The molecule has 6 heteroatoms. The van der Waals surface area contributed by atoms with Crippen LogP contribution < -0.4 is 16.0 Å². The molecule has 1 aromatic rings. The maximum Gasteiger partial charge on any atom is 0.225 e. The molecule has 1 aromatic heterocycles. The molecule has 2 heterocycles. The van der Waals surface area contributed by atoms with Crippen LogP contribution in [0, 0.1) is 5.41 Å². The van der Waals surface area contributed by atoms with Crippen molar-refractivity contribution in [2.75, 3.05) is 29.9 Å². The summed E-state index contributed by atoms with van der Waals surface area (Å²) in [5.74, 6) is 1.21. The summed E-state index contributed by atoms with van der Waals surface area (Å²) < 4.78 is 0. The molecule has 1 amide bonds. The summed E-state index contributed by atoms with van der Waals surface area (Å²) in [6.45, 7) is 6.09. The lowest BCUT2D eigenvalue weighted by molar-refractivity contribution is -0.125. The van der Waals surface area contributed by atoms with Crippen molar-refractivity contribution in [1.82, 2.24) is 9.97 Å². The Morgan fingerprint density at radius 1 is 1.67 bits per heavy atom. The normalized spacial score (nSPS) is 23.1. The summed E-state index contributed by atoms with van der Waals surface area (Å²) in [5, 5.41) is 3.07. The van der Waals surface area contributed by atoms with Crippen LogP contribution in [0.25, 0.3) is 0 Å². The number of nitrogens with zero attached hydrogens (tertiary/aromatic N) is 3. The standard InChI is InChI=1S/C12H19N5O/c1-3-14-11-15-6-4-9(16-11)17-7-5-12(2,8-17)10(13)18/h4,6H,3,5,7-8H2,1-2H3,(H2,13,18)(H,14,15,16). The molecule has 18 heavy (non-hydrogen) atoms. The largest absolute Gasteiger partial charge is 0.369 e. The summed E-state index contributed by atoms with van der Waals surface area (Å²) in [4.78, 5) is 22.0. The fraction of sp³-hybridized carbons (Fsp3) is 0.583. The van der Waals surface area contributed by atoms with Crippen LogP contribution in [0.4, 0.5) is 11.8 Å². The molecular formula is C12H19N5O. The molecule has 6 nitrogen and oxygen atoms in total. The van der Waals surface area contributed by atoms with Gasteiger partial charge in [-0.1, -0.05) is 0 Å². The number of anilines is 2. The number of hydrogen-bond acceptors (Lipinski definition) is 5. The third kappa shape index (κ3) is 2.37. The Bertz CT molecular complexity index is 450. The SMILES string of the molecule is CCNc1nccc(N2CCC(C)(C(N)=O)C2)n1. The summed E-state index contributed by atoms with van der Waals surface area (Å²) in [6.07, 6.45) is 2.49. The highest BCUT2D eigenvalue weighted by Gasteiger charge is 2.39. The molecule has 98 valence electrons. The van der Waals surface area contributed by atoms with Gasteiger partial charge >= 0.3 is 0 Å². The van der Waals surface area contributed by atoms with Gasteiger partial charge in [-0.2, -0.15) is 4.98 Å². The van der Waals surface area contributed by atoms with Gasteiger partial charge in [0, 0.05) is 25.8 Å². The van der Waals surface area contributed by atoms with Crippen molar-refractivity contribution in [1.29, 1.82) is 0 Å². The first kappa shape index (κ1) is 12.6. The Labute approximate surface area is 107 Å². The highest BCUT2D eigenvalue weighted by molar-refractivity contribution is 5.82. The molecule has 1 aliphatic heterocycles. The number of aromatic nitrogens is 2.